The van der Waals surface area contributed by atoms with Crippen LogP contribution in [0, 0.1) is 29.6 Å². The van der Waals surface area contributed by atoms with Crippen LogP contribution >= 0.6 is 0 Å². The molecule has 0 radical (unpaired) electrons. The van der Waals surface area contributed by atoms with E-state index in [1.54, 1.807) is 7.11 Å². The molecule has 3 aliphatic rings. The molecule has 0 spiro atoms. The average Bonchev–Trinajstić information content (AvgIpc) is 2.86. The van der Waals surface area contributed by atoms with Crippen molar-refractivity contribution < 1.29 is 34.0 Å². The number of methoxy groups -OCH3 is 1. The zero-order valence-corrected chi connectivity index (χ0v) is 24.4. The summed E-state index contributed by atoms with van der Waals surface area (Å²) in [5.74, 6) is 0.771. The minimum atomic E-state index is -0.487. The van der Waals surface area contributed by atoms with Gasteiger partial charge in [0.2, 0.25) is 0 Å². The van der Waals surface area contributed by atoms with Gasteiger partial charge in [-0.05, 0) is 93.9 Å². The van der Waals surface area contributed by atoms with Crippen molar-refractivity contribution in [2.75, 3.05) is 20.3 Å². The van der Waals surface area contributed by atoms with Gasteiger partial charge in [-0.15, -0.1) is 0 Å². The Morgan fingerprint density at radius 1 is 1.00 bits per heavy atom. The number of ether oxygens (including phenoxy) is 3. The fourth-order valence-electron chi connectivity index (χ4n) is 7.64. The van der Waals surface area contributed by atoms with Crippen LogP contribution < -0.4 is 11.1 Å². The van der Waals surface area contributed by atoms with Crippen LogP contribution in [0.3, 0.4) is 0 Å². The van der Waals surface area contributed by atoms with E-state index in [-0.39, 0.29) is 54.9 Å². The Balaban J connectivity index is 1.73. The number of carbonyl (C=O) groups excluding carboxylic acids is 2. The first-order valence-electron chi connectivity index (χ1n) is 15.3. The Labute approximate surface area is 234 Å². The van der Waals surface area contributed by atoms with E-state index in [1.807, 2.05) is 0 Å². The number of carbonyl (C=O) groups is 2. The van der Waals surface area contributed by atoms with E-state index in [9.17, 15) is 19.8 Å². The maximum Gasteiger partial charge on any atom is 0.302 e. The van der Waals surface area contributed by atoms with Gasteiger partial charge in [0.15, 0.2) is 0 Å². The van der Waals surface area contributed by atoms with Crippen LogP contribution in [0.4, 0.5) is 0 Å². The number of piperidine rings is 1. The topological polar surface area (TPSA) is 140 Å². The molecular weight excluding hydrogens is 500 g/mol. The first-order chi connectivity index (χ1) is 18.7. The highest BCUT2D eigenvalue weighted by molar-refractivity contribution is 5.66. The van der Waals surface area contributed by atoms with Crippen molar-refractivity contribution in [3.63, 3.8) is 0 Å². The normalized spacial score (nSPS) is 35.7. The molecule has 6 unspecified atom stereocenters. The highest BCUT2D eigenvalue weighted by Gasteiger charge is 2.41. The Kier molecular flexibility index (Phi) is 13.4. The molecule has 9 heteroatoms. The second-order valence-corrected chi connectivity index (χ2v) is 12.5. The molecule has 0 aromatic carbocycles. The van der Waals surface area contributed by atoms with Gasteiger partial charge in [0.1, 0.15) is 12.2 Å². The Morgan fingerprint density at radius 3 is 2.41 bits per heavy atom. The molecule has 1 saturated heterocycles. The number of aliphatic hydroxyl groups is 2. The maximum absolute atomic E-state index is 12.1. The highest BCUT2D eigenvalue weighted by Crippen LogP contribution is 2.43. The summed E-state index contributed by atoms with van der Waals surface area (Å²) < 4.78 is 17.4. The number of hydrogen-bond acceptors (Lipinski definition) is 9. The molecule has 10 atom stereocenters. The van der Waals surface area contributed by atoms with Crippen molar-refractivity contribution in [2.24, 2.45) is 35.3 Å². The van der Waals surface area contributed by atoms with Crippen LogP contribution in [-0.2, 0) is 23.8 Å². The molecule has 2 saturated carbocycles. The number of nitrogens with one attached hydrogen (secondary N) is 1. The smallest absolute Gasteiger partial charge is 0.302 e. The predicted molar refractivity (Wildman–Crippen MR) is 148 cm³/mol. The standard InChI is InChI=1S/C30H54N2O7/c1-19(34)38-25(16-28(39-20(2)35)24-8-6-4-5-7-21(13-24)18-33)10-9-22-14-29(37-3)27(36)17-26(22)23-11-12-32-30(31)15-23/h21-30,32-33,36H,4-18,31H2,1-3H3/t21-,22?,23?,24-,25-,26?,27?,28-,29?,30?/m1/s1. The lowest BCUT2D eigenvalue weighted by molar-refractivity contribution is -0.156. The van der Waals surface area contributed by atoms with E-state index in [0.29, 0.717) is 37.0 Å². The zero-order chi connectivity index (χ0) is 28.4. The second kappa shape index (κ2) is 16.2. The van der Waals surface area contributed by atoms with Crippen molar-refractivity contribution in [3.8, 4) is 0 Å². The lowest BCUT2D eigenvalue weighted by Crippen LogP contribution is -2.49. The lowest BCUT2D eigenvalue weighted by Gasteiger charge is -2.45. The quantitative estimate of drug-likeness (QED) is 0.283. The minimum absolute atomic E-state index is 0.0218. The van der Waals surface area contributed by atoms with Crippen molar-refractivity contribution in [2.45, 2.75) is 128 Å². The Hall–Kier alpha value is -1.26. The third-order valence-corrected chi connectivity index (χ3v) is 9.58. The molecule has 9 nitrogen and oxygen atoms in total. The summed E-state index contributed by atoms with van der Waals surface area (Å²) in [4.78, 5) is 24.3. The van der Waals surface area contributed by atoms with E-state index in [2.05, 4.69) is 5.32 Å². The summed E-state index contributed by atoms with van der Waals surface area (Å²) in [6.45, 7) is 3.90. The average molecular weight is 555 g/mol. The number of hydrogen-bond donors (Lipinski definition) is 4. The van der Waals surface area contributed by atoms with Crippen LogP contribution in [-0.4, -0.2) is 73.0 Å². The van der Waals surface area contributed by atoms with E-state index in [1.165, 1.54) is 13.8 Å². The maximum atomic E-state index is 12.1. The third-order valence-electron chi connectivity index (χ3n) is 9.58. The number of rotatable bonds is 11. The number of nitrogens with two attached hydrogens (primary N) is 1. The number of aliphatic hydroxyl groups excluding tert-OH is 2. The van der Waals surface area contributed by atoms with Gasteiger partial charge in [0, 0.05) is 34.0 Å². The van der Waals surface area contributed by atoms with Gasteiger partial charge in [-0.2, -0.15) is 0 Å². The predicted octanol–water partition coefficient (Wildman–Crippen LogP) is 3.29. The van der Waals surface area contributed by atoms with E-state index >= 15 is 0 Å². The molecule has 3 rings (SSSR count). The molecule has 3 fully saturated rings. The SMILES string of the molecule is COC1CC(CC[C@H](C[C@@H](OC(C)=O)[C@@H]2CCCCC[C@@H](CO)C2)OC(C)=O)C(C2CCNC(N)C2)CC1O. The summed E-state index contributed by atoms with van der Waals surface area (Å²) in [6, 6.07) is 0. The van der Waals surface area contributed by atoms with Crippen molar-refractivity contribution in [3.05, 3.63) is 0 Å². The van der Waals surface area contributed by atoms with Crippen LogP contribution in [0.25, 0.3) is 0 Å². The monoisotopic (exact) mass is 554 g/mol. The van der Waals surface area contributed by atoms with Crippen LogP contribution in [0.2, 0.25) is 0 Å². The summed E-state index contributed by atoms with van der Waals surface area (Å²) >= 11 is 0. The van der Waals surface area contributed by atoms with Crippen LogP contribution in [0.5, 0.6) is 0 Å². The molecule has 226 valence electrons. The van der Waals surface area contributed by atoms with Crippen molar-refractivity contribution >= 4 is 11.9 Å². The Morgan fingerprint density at radius 2 is 1.74 bits per heavy atom. The molecule has 0 bridgehead atoms. The fourth-order valence-corrected chi connectivity index (χ4v) is 7.64. The molecular formula is C30H54N2O7. The van der Waals surface area contributed by atoms with Gasteiger partial charge in [-0.25, -0.2) is 0 Å². The second-order valence-electron chi connectivity index (χ2n) is 12.5. The van der Waals surface area contributed by atoms with Gasteiger partial charge in [0.05, 0.1) is 18.4 Å². The van der Waals surface area contributed by atoms with Gasteiger partial charge in [-0.1, -0.05) is 19.3 Å². The summed E-state index contributed by atoms with van der Waals surface area (Å²) in [7, 11) is 1.66. The van der Waals surface area contributed by atoms with Gasteiger partial charge in [-0.3, -0.25) is 9.59 Å². The Bertz CT molecular complexity index is 753. The molecule has 39 heavy (non-hydrogen) atoms. The van der Waals surface area contributed by atoms with Gasteiger partial charge in [0.25, 0.3) is 0 Å². The van der Waals surface area contributed by atoms with E-state index in [4.69, 9.17) is 19.9 Å². The lowest BCUT2D eigenvalue weighted by atomic mass is 9.66. The molecule has 1 heterocycles. The fraction of sp³-hybridized carbons (Fsp3) is 0.933. The molecule has 0 aromatic heterocycles. The van der Waals surface area contributed by atoms with Gasteiger partial charge >= 0.3 is 11.9 Å². The first kappa shape index (κ1) is 32.3. The number of esters is 2. The third kappa shape index (κ3) is 10.3. The largest absolute Gasteiger partial charge is 0.462 e. The van der Waals surface area contributed by atoms with Crippen molar-refractivity contribution in [1.29, 1.82) is 0 Å². The molecule has 5 N–H and O–H groups in total. The van der Waals surface area contributed by atoms with Gasteiger partial charge < -0.3 is 35.5 Å². The minimum Gasteiger partial charge on any atom is -0.462 e. The zero-order valence-electron chi connectivity index (χ0n) is 24.4. The van der Waals surface area contributed by atoms with E-state index in [0.717, 1.165) is 70.8 Å². The summed E-state index contributed by atoms with van der Waals surface area (Å²) in [5, 5.41) is 24.0. The molecule has 2 aliphatic carbocycles. The summed E-state index contributed by atoms with van der Waals surface area (Å²) in [5.41, 5.74) is 6.24. The van der Waals surface area contributed by atoms with Crippen LogP contribution in [0.15, 0.2) is 0 Å². The first-order valence-corrected chi connectivity index (χ1v) is 15.3. The molecule has 1 aliphatic heterocycles. The highest BCUT2D eigenvalue weighted by atomic mass is 16.6. The van der Waals surface area contributed by atoms with Crippen LogP contribution in [0.1, 0.15) is 97.3 Å². The molecule has 0 aromatic rings. The van der Waals surface area contributed by atoms with E-state index < -0.39 is 6.10 Å². The molecule has 0 amide bonds. The van der Waals surface area contributed by atoms with Crippen molar-refractivity contribution in [1.82, 2.24) is 5.32 Å². The summed E-state index contributed by atoms with van der Waals surface area (Å²) in [6.07, 6.45) is 9.98.